The summed E-state index contributed by atoms with van der Waals surface area (Å²) >= 11 is 0. The molecule has 6 heteroatoms. The van der Waals surface area contributed by atoms with Crippen molar-refractivity contribution in [3.8, 4) is 0 Å². The summed E-state index contributed by atoms with van der Waals surface area (Å²) in [5.74, 6) is -0.370. The fourth-order valence-electron chi connectivity index (χ4n) is 1.66. The van der Waals surface area contributed by atoms with E-state index in [-0.39, 0.29) is 12.0 Å². The summed E-state index contributed by atoms with van der Waals surface area (Å²) in [5.41, 5.74) is -0.520. The van der Waals surface area contributed by atoms with E-state index in [1.54, 1.807) is 20.8 Å². The van der Waals surface area contributed by atoms with Crippen LogP contribution in [0.4, 0.5) is 4.79 Å². The molecule has 0 spiro atoms. The number of alkyl carbamates (subject to hydrolysis) is 1. The largest absolute Gasteiger partial charge is 0.467 e. The maximum Gasteiger partial charge on any atom is 0.407 e. The number of nitrogens with one attached hydrogen (secondary N) is 1. The second-order valence-electron chi connectivity index (χ2n) is 5.27. The van der Waals surface area contributed by atoms with Gasteiger partial charge in [0, 0.05) is 0 Å². The lowest BCUT2D eigenvalue weighted by atomic mass is 10.1. The summed E-state index contributed by atoms with van der Waals surface area (Å²) in [6.45, 7) is 5.70. The van der Waals surface area contributed by atoms with Crippen molar-refractivity contribution < 1.29 is 23.8 Å². The van der Waals surface area contributed by atoms with Gasteiger partial charge in [-0.1, -0.05) is 0 Å². The normalized spacial score (nSPS) is 24.2. The zero-order valence-electron chi connectivity index (χ0n) is 11.3. The zero-order valence-corrected chi connectivity index (χ0v) is 11.3. The van der Waals surface area contributed by atoms with Crippen LogP contribution < -0.4 is 5.32 Å². The quantitative estimate of drug-likeness (QED) is 0.755. The SMILES string of the molecule is COC(=O)[C@@H]1CCC(NC(=O)OC(C)(C)C)CO1. The van der Waals surface area contributed by atoms with Crippen LogP contribution in [0, 0.1) is 0 Å². The van der Waals surface area contributed by atoms with Gasteiger partial charge in [0.25, 0.3) is 0 Å². The number of hydrogen-bond donors (Lipinski definition) is 1. The van der Waals surface area contributed by atoms with Crippen molar-refractivity contribution in [2.75, 3.05) is 13.7 Å². The molecule has 104 valence electrons. The lowest BCUT2D eigenvalue weighted by Crippen LogP contribution is -2.46. The molecule has 1 heterocycles. The molecule has 1 aliphatic heterocycles. The molecule has 0 bridgehead atoms. The predicted molar refractivity (Wildman–Crippen MR) is 64.1 cm³/mol. The van der Waals surface area contributed by atoms with Gasteiger partial charge in [-0.05, 0) is 33.6 Å². The van der Waals surface area contributed by atoms with E-state index in [0.29, 0.717) is 19.4 Å². The second-order valence-corrected chi connectivity index (χ2v) is 5.27. The summed E-state index contributed by atoms with van der Waals surface area (Å²) in [4.78, 5) is 22.7. The minimum Gasteiger partial charge on any atom is -0.467 e. The molecule has 6 nitrogen and oxygen atoms in total. The lowest BCUT2D eigenvalue weighted by molar-refractivity contribution is -0.157. The van der Waals surface area contributed by atoms with Gasteiger partial charge in [-0.25, -0.2) is 9.59 Å². The van der Waals surface area contributed by atoms with Crippen LogP contribution >= 0.6 is 0 Å². The van der Waals surface area contributed by atoms with Gasteiger partial charge in [0.15, 0.2) is 6.10 Å². The van der Waals surface area contributed by atoms with E-state index in [9.17, 15) is 9.59 Å². The van der Waals surface area contributed by atoms with Crippen LogP contribution in [0.3, 0.4) is 0 Å². The standard InChI is InChI=1S/C12H21NO5/c1-12(2,3)18-11(15)13-8-5-6-9(17-7-8)10(14)16-4/h8-9H,5-7H2,1-4H3,(H,13,15)/t8?,9-/m0/s1. The highest BCUT2D eigenvalue weighted by atomic mass is 16.6. The van der Waals surface area contributed by atoms with Gasteiger partial charge in [0.05, 0.1) is 19.8 Å². The van der Waals surface area contributed by atoms with Gasteiger partial charge in [-0.3, -0.25) is 0 Å². The lowest BCUT2D eigenvalue weighted by Gasteiger charge is -2.29. The minimum atomic E-state index is -0.522. The first-order valence-corrected chi connectivity index (χ1v) is 6.01. The van der Waals surface area contributed by atoms with Crippen LogP contribution in [-0.2, 0) is 19.0 Å². The van der Waals surface area contributed by atoms with Crippen LogP contribution in [0.5, 0.6) is 0 Å². The van der Waals surface area contributed by atoms with Gasteiger partial charge < -0.3 is 19.5 Å². The van der Waals surface area contributed by atoms with Crippen molar-refractivity contribution >= 4 is 12.1 Å². The summed E-state index contributed by atoms with van der Waals surface area (Å²) in [5, 5.41) is 2.71. The van der Waals surface area contributed by atoms with Crippen molar-refractivity contribution in [3.05, 3.63) is 0 Å². The van der Waals surface area contributed by atoms with Crippen LogP contribution in [0.25, 0.3) is 0 Å². The molecule has 1 N–H and O–H groups in total. The van der Waals surface area contributed by atoms with Gasteiger partial charge in [-0.15, -0.1) is 0 Å². The van der Waals surface area contributed by atoms with Gasteiger partial charge in [0.2, 0.25) is 0 Å². The van der Waals surface area contributed by atoms with E-state index in [0.717, 1.165) is 0 Å². The average Bonchev–Trinajstić information content (AvgIpc) is 2.26. The second kappa shape index (κ2) is 6.04. The first kappa shape index (κ1) is 14.8. The number of esters is 1. The molecule has 1 rings (SSSR count). The molecule has 1 aliphatic rings. The average molecular weight is 259 g/mol. The molecule has 0 aliphatic carbocycles. The minimum absolute atomic E-state index is 0.124. The summed E-state index contributed by atoms with van der Waals surface area (Å²) in [7, 11) is 1.33. The van der Waals surface area contributed by atoms with Gasteiger partial charge in [-0.2, -0.15) is 0 Å². The Labute approximate surface area is 107 Å². The van der Waals surface area contributed by atoms with Crippen molar-refractivity contribution in [3.63, 3.8) is 0 Å². The number of ether oxygens (including phenoxy) is 3. The van der Waals surface area contributed by atoms with Crippen LogP contribution in [0.2, 0.25) is 0 Å². The summed E-state index contributed by atoms with van der Waals surface area (Å²) in [6.07, 6.45) is 0.214. The van der Waals surface area contributed by atoms with E-state index >= 15 is 0 Å². The van der Waals surface area contributed by atoms with Crippen molar-refractivity contribution in [2.24, 2.45) is 0 Å². The first-order chi connectivity index (χ1) is 8.31. The molecular formula is C12H21NO5. The number of carbonyl (C=O) groups is 2. The third-order valence-electron chi connectivity index (χ3n) is 2.46. The Morgan fingerprint density at radius 1 is 1.28 bits per heavy atom. The number of amides is 1. The summed E-state index contributed by atoms with van der Waals surface area (Å²) < 4.78 is 15.1. The van der Waals surface area contributed by atoms with Crippen molar-refractivity contribution in [1.82, 2.24) is 5.32 Å². The fourth-order valence-corrected chi connectivity index (χ4v) is 1.66. The predicted octanol–water partition coefficient (Wildman–Crippen LogP) is 1.23. The van der Waals surface area contributed by atoms with E-state index in [1.165, 1.54) is 7.11 Å². The molecular weight excluding hydrogens is 238 g/mol. The fraction of sp³-hybridized carbons (Fsp3) is 0.833. The Balaban J connectivity index is 2.31. The molecule has 1 unspecified atom stereocenters. The highest BCUT2D eigenvalue weighted by Gasteiger charge is 2.29. The summed E-state index contributed by atoms with van der Waals surface area (Å²) in [6, 6.07) is -0.124. The Kier molecular flexibility index (Phi) is 4.95. The number of carbonyl (C=O) groups excluding carboxylic acids is 2. The molecule has 0 aromatic rings. The molecule has 0 saturated carbocycles. The Hall–Kier alpha value is -1.30. The Morgan fingerprint density at radius 3 is 2.39 bits per heavy atom. The molecule has 0 radical (unpaired) electrons. The van der Waals surface area contributed by atoms with E-state index in [1.807, 2.05) is 0 Å². The molecule has 1 saturated heterocycles. The molecule has 2 atom stereocenters. The van der Waals surface area contributed by atoms with E-state index in [4.69, 9.17) is 9.47 Å². The van der Waals surface area contributed by atoms with Crippen LogP contribution in [0.1, 0.15) is 33.6 Å². The Bertz CT molecular complexity index is 302. The van der Waals surface area contributed by atoms with E-state index < -0.39 is 17.8 Å². The van der Waals surface area contributed by atoms with Gasteiger partial charge >= 0.3 is 12.1 Å². The number of hydrogen-bond acceptors (Lipinski definition) is 5. The molecule has 0 aromatic carbocycles. The third-order valence-corrected chi connectivity index (χ3v) is 2.46. The van der Waals surface area contributed by atoms with Crippen LogP contribution in [0.15, 0.2) is 0 Å². The first-order valence-electron chi connectivity index (χ1n) is 6.01. The smallest absolute Gasteiger partial charge is 0.407 e. The monoisotopic (exact) mass is 259 g/mol. The highest BCUT2D eigenvalue weighted by Crippen LogP contribution is 2.15. The maximum absolute atomic E-state index is 11.5. The Morgan fingerprint density at radius 2 is 1.94 bits per heavy atom. The highest BCUT2D eigenvalue weighted by molar-refractivity contribution is 5.74. The molecule has 0 aromatic heterocycles. The number of methoxy groups -OCH3 is 1. The van der Waals surface area contributed by atoms with Crippen molar-refractivity contribution in [1.29, 1.82) is 0 Å². The topological polar surface area (TPSA) is 73.9 Å². The number of rotatable bonds is 2. The van der Waals surface area contributed by atoms with E-state index in [2.05, 4.69) is 10.1 Å². The van der Waals surface area contributed by atoms with Gasteiger partial charge in [0.1, 0.15) is 5.60 Å². The maximum atomic E-state index is 11.5. The third kappa shape index (κ3) is 4.91. The zero-order chi connectivity index (χ0) is 13.8. The molecule has 18 heavy (non-hydrogen) atoms. The molecule has 1 fully saturated rings. The van der Waals surface area contributed by atoms with Crippen LogP contribution in [-0.4, -0.2) is 43.5 Å². The molecule has 1 amide bonds. The van der Waals surface area contributed by atoms with Crippen molar-refractivity contribution in [2.45, 2.75) is 51.4 Å².